The highest BCUT2D eigenvalue weighted by Gasteiger charge is 2.35. The first-order valence-corrected chi connectivity index (χ1v) is 11.5. The second-order valence-corrected chi connectivity index (χ2v) is 9.27. The van der Waals surface area contributed by atoms with E-state index in [-0.39, 0.29) is 29.1 Å². The van der Waals surface area contributed by atoms with Gasteiger partial charge in [-0.3, -0.25) is 14.5 Å². The molecule has 0 atom stereocenters. The average molecular weight is 533 g/mol. The van der Waals surface area contributed by atoms with Gasteiger partial charge in [0.25, 0.3) is 11.1 Å². The molecule has 0 N–H and O–H groups in total. The quantitative estimate of drug-likeness (QED) is 0.319. The van der Waals surface area contributed by atoms with Crippen LogP contribution < -0.4 is 4.74 Å². The molecule has 8 heteroatoms. The third kappa shape index (κ3) is 5.23. The van der Waals surface area contributed by atoms with Crippen LogP contribution in [0.1, 0.15) is 16.7 Å². The van der Waals surface area contributed by atoms with Crippen molar-refractivity contribution < 1.29 is 18.7 Å². The number of carbonyl (C=O) groups excluding carboxylic acids is 2. The van der Waals surface area contributed by atoms with E-state index in [4.69, 9.17) is 16.3 Å². The van der Waals surface area contributed by atoms with Crippen molar-refractivity contribution in [1.82, 2.24) is 4.90 Å². The van der Waals surface area contributed by atoms with Crippen LogP contribution in [0.4, 0.5) is 9.18 Å². The number of halogens is 3. The lowest BCUT2D eigenvalue weighted by molar-refractivity contribution is -0.123. The van der Waals surface area contributed by atoms with Crippen LogP contribution in [0.25, 0.3) is 6.08 Å². The molecule has 32 heavy (non-hydrogen) atoms. The van der Waals surface area contributed by atoms with Crippen LogP contribution in [0.15, 0.2) is 76.1 Å². The van der Waals surface area contributed by atoms with Crippen molar-refractivity contribution in [3.05, 3.63) is 104 Å². The van der Waals surface area contributed by atoms with Gasteiger partial charge < -0.3 is 4.74 Å². The van der Waals surface area contributed by atoms with E-state index in [1.54, 1.807) is 30.3 Å². The first-order valence-electron chi connectivity index (χ1n) is 9.56. The molecule has 1 aliphatic rings. The molecular formula is C24H16BrClFNO3S. The van der Waals surface area contributed by atoms with E-state index in [0.29, 0.717) is 21.9 Å². The summed E-state index contributed by atoms with van der Waals surface area (Å²) < 4.78 is 19.9. The number of imide groups is 1. The summed E-state index contributed by atoms with van der Waals surface area (Å²) in [4.78, 5) is 26.8. The maximum absolute atomic E-state index is 13.1. The lowest BCUT2D eigenvalue weighted by atomic mass is 10.1. The van der Waals surface area contributed by atoms with Gasteiger partial charge >= 0.3 is 0 Å². The number of thioether (sulfide) groups is 1. The molecule has 3 aromatic carbocycles. The Bertz CT molecular complexity index is 1220. The molecule has 1 fully saturated rings. The number of hydrogen-bond acceptors (Lipinski definition) is 4. The van der Waals surface area contributed by atoms with E-state index < -0.39 is 5.91 Å². The Balaban J connectivity index is 1.55. The van der Waals surface area contributed by atoms with Crippen LogP contribution in [0.2, 0.25) is 5.02 Å². The van der Waals surface area contributed by atoms with Gasteiger partial charge in [0.1, 0.15) is 18.2 Å². The summed E-state index contributed by atoms with van der Waals surface area (Å²) in [6, 6.07) is 18.5. The predicted molar refractivity (Wildman–Crippen MR) is 128 cm³/mol. The van der Waals surface area contributed by atoms with Gasteiger partial charge in [0.05, 0.1) is 11.4 Å². The Kier molecular flexibility index (Phi) is 6.98. The number of amides is 2. The Hall–Kier alpha value is -2.61. The lowest BCUT2D eigenvalue weighted by Crippen LogP contribution is -2.27. The van der Waals surface area contributed by atoms with E-state index in [1.165, 1.54) is 12.1 Å². The maximum atomic E-state index is 13.1. The molecule has 0 bridgehead atoms. The molecule has 162 valence electrons. The minimum atomic E-state index is -0.402. The topological polar surface area (TPSA) is 46.6 Å². The normalized spacial score (nSPS) is 15.0. The van der Waals surface area contributed by atoms with Crippen LogP contribution in [0.3, 0.4) is 0 Å². The van der Waals surface area contributed by atoms with Gasteiger partial charge in [-0.1, -0.05) is 57.9 Å². The molecule has 0 aliphatic carbocycles. The first-order chi connectivity index (χ1) is 15.4. The standard InChI is InChI=1S/C24H16BrClFNO3S/c25-18-7-10-21(31-14-16-3-1-2-4-20(16)26)17(11-18)12-22-23(29)28(24(30)32-22)13-15-5-8-19(27)9-6-15/h1-12H,13-14H2/b22-12-. The van der Waals surface area contributed by atoms with Gasteiger partial charge in [-0.25, -0.2) is 4.39 Å². The number of carbonyl (C=O) groups is 2. The van der Waals surface area contributed by atoms with Crippen molar-refractivity contribution in [3.8, 4) is 5.75 Å². The zero-order chi connectivity index (χ0) is 22.7. The molecule has 2 amide bonds. The van der Waals surface area contributed by atoms with Crippen molar-refractivity contribution in [2.45, 2.75) is 13.2 Å². The third-order valence-electron chi connectivity index (χ3n) is 4.73. The van der Waals surface area contributed by atoms with Gasteiger partial charge in [-0.05, 0) is 59.8 Å². The van der Waals surface area contributed by atoms with E-state index >= 15 is 0 Å². The van der Waals surface area contributed by atoms with Crippen molar-refractivity contribution in [2.75, 3.05) is 0 Å². The molecule has 0 saturated carbocycles. The Morgan fingerprint density at radius 2 is 1.81 bits per heavy atom. The van der Waals surface area contributed by atoms with Gasteiger partial charge in [0, 0.05) is 20.6 Å². The molecule has 4 rings (SSSR count). The Morgan fingerprint density at radius 1 is 1.06 bits per heavy atom. The second-order valence-electron chi connectivity index (χ2n) is 6.96. The summed E-state index contributed by atoms with van der Waals surface area (Å²) in [5.74, 6) is -0.221. The molecule has 1 heterocycles. The summed E-state index contributed by atoms with van der Waals surface area (Å²) in [5, 5.41) is 0.229. The fourth-order valence-corrected chi connectivity index (χ4v) is 4.48. The number of hydrogen-bond donors (Lipinski definition) is 0. The molecule has 0 radical (unpaired) electrons. The van der Waals surface area contributed by atoms with Crippen molar-refractivity contribution in [1.29, 1.82) is 0 Å². The summed E-state index contributed by atoms with van der Waals surface area (Å²) in [5.41, 5.74) is 2.16. The van der Waals surface area contributed by atoms with Gasteiger partial charge in [0.2, 0.25) is 0 Å². The highest BCUT2D eigenvalue weighted by atomic mass is 79.9. The summed E-state index contributed by atoms with van der Waals surface area (Å²) in [6.45, 7) is 0.338. The lowest BCUT2D eigenvalue weighted by Gasteiger charge is -2.13. The first kappa shape index (κ1) is 22.6. The van der Waals surface area contributed by atoms with Crippen molar-refractivity contribution >= 4 is 56.5 Å². The zero-order valence-corrected chi connectivity index (χ0v) is 19.7. The summed E-state index contributed by atoms with van der Waals surface area (Å²) >= 11 is 10.5. The third-order valence-corrected chi connectivity index (χ3v) is 6.50. The second kappa shape index (κ2) is 9.90. The van der Waals surface area contributed by atoms with Gasteiger partial charge in [-0.15, -0.1) is 0 Å². The summed E-state index contributed by atoms with van der Waals surface area (Å²) in [7, 11) is 0. The van der Waals surface area contributed by atoms with Crippen LogP contribution in [-0.4, -0.2) is 16.0 Å². The molecular weight excluding hydrogens is 517 g/mol. The Morgan fingerprint density at radius 3 is 2.56 bits per heavy atom. The zero-order valence-electron chi connectivity index (χ0n) is 16.6. The minimum Gasteiger partial charge on any atom is -0.488 e. The van der Waals surface area contributed by atoms with E-state index in [0.717, 1.165) is 26.7 Å². The fourth-order valence-electron chi connectivity index (χ4n) is 3.08. The largest absolute Gasteiger partial charge is 0.488 e. The van der Waals surface area contributed by atoms with Crippen molar-refractivity contribution in [3.63, 3.8) is 0 Å². The molecule has 3 aromatic rings. The highest BCUT2D eigenvalue weighted by Crippen LogP contribution is 2.36. The smallest absolute Gasteiger partial charge is 0.293 e. The van der Waals surface area contributed by atoms with Gasteiger partial charge in [-0.2, -0.15) is 0 Å². The highest BCUT2D eigenvalue weighted by molar-refractivity contribution is 9.10. The summed E-state index contributed by atoms with van der Waals surface area (Å²) in [6.07, 6.45) is 1.64. The number of benzene rings is 3. The van der Waals surface area contributed by atoms with Crippen LogP contribution in [0, 0.1) is 5.82 Å². The number of nitrogens with zero attached hydrogens (tertiary/aromatic N) is 1. The van der Waals surface area contributed by atoms with E-state index in [9.17, 15) is 14.0 Å². The molecule has 1 saturated heterocycles. The predicted octanol–water partition coefficient (Wildman–Crippen LogP) is 7.06. The van der Waals surface area contributed by atoms with E-state index in [2.05, 4.69) is 15.9 Å². The van der Waals surface area contributed by atoms with Crippen LogP contribution in [-0.2, 0) is 17.9 Å². The minimum absolute atomic E-state index is 0.0800. The van der Waals surface area contributed by atoms with Crippen molar-refractivity contribution in [2.24, 2.45) is 0 Å². The Labute approximate surface area is 202 Å². The van der Waals surface area contributed by atoms with Crippen LogP contribution >= 0.6 is 39.3 Å². The van der Waals surface area contributed by atoms with E-state index in [1.807, 2.05) is 30.3 Å². The fraction of sp³-hybridized carbons (Fsp3) is 0.0833. The molecule has 4 nitrogen and oxygen atoms in total. The molecule has 0 spiro atoms. The number of rotatable bonds is 6. The molecule has 1 aliphatic heterocycles. The SMILES string of the molecule is O=C1S/C(=C\c2cc(Br)ccc2OCc2ccccc2Cl)C(=O)N1Cc1ccc(F)cc1. The van der Waals surface area contributed by atoms with Crippen LogP contribution in [0.5, 0.6) is 5.75 Å². The van der Waals surface area contributed by atoms with Gasteiger partial charge in [0.15, 0.2) is 0 Å². The monoisotopic (exact) mass is 531 g/mol. The molecule has 0 unspecified atom stereocenters. The maximum Gasteiger partial charge on any atom is 0.293 e. The number of ether oxygens (including phenoxy) is 1. The molecule has 0 aromatic heterocycles. The average Bonchev–Trinajstić information content (AvgIpc) is 3.03.